The van der Waals surface area contributed by atoms with E-state index in [4.69, 9.17) is 4.42 Å². The zero-order chi connectivity index (χ0) is 21.1. The summed E-state index contributed by atoms with van der Waals surface area (Å²) in [5.41, 5.74) is 2.26. The van der Waals surface area contributed by atoms with Gasteiger partial charge in [0.1, 0.15) is 11.5 Å². The van der Waals surface area contributed by atoms with Crippen molar-refractivity contribution in [2.45, 2.75) is 13.3 Å². The van der Waals surface area contributed by atoms with Crippen LogP contribution in [0.25, 0.3) is 17.4 Å². The Balaban J connectivity index is 1.59. The van der Waals surface area contributed by atoms with E-state index in [1.807, 2.05) is 24.3 Å². The fourth-order valence-electron chi connectivity index (χ4n) is 3.05. The van der Waals surface area contributed by atoms with Crippen molar-refractivity contribution in [2.75, 3.05) is 0 Å². The van der Waals surface area contributed by atoms with Gasteiger partial charge in [-0.3, -0.25) is 14.9 Å². The van der Waals surface area contributed by atoms with E-state index in [1.54, 1.807) is 36.4 Å². The molecule has 8 heteroatoms. The normalized spacial score (nSPS) is 16.2. The molecule has 0 atom stereocenters. The van der Waals surface area contributed by atoms with Crippen LogP contribution in [-0.2, 0) is 11.2 Å². The third-order valence-electron chi connectivity index (χ3n) is 4.51. The summed E-state index contributed by atoms with van der Waals surface area (Å²) in [7, 11) is 0. The number of amidine groups is 1. The van der Waals surface area contributed by atoms with Crippen molar-refractivity contribution >= 4 is 40.3 Å². The van der Waals surface area contributed by atoms with Crippen LogP contribution < -0.4 is 5.32 Å². The number of nitro groups is 1. The molecule has 30 heavy (non-hydrogen) atoms. The molecule has 3 aromatic rings. The fourth-order valence-corrected chi connectivity index (χ4v) is 3.87. The third kappa shape index (κ3) is 4.04. The van der Waals surface area contributed by atoms with Crippen LogP contribution in [0.15, 0.2) is 75.0 Å². The molecule has 0 radical (unpaired) electrons. The van der Waals surface area contributed by atoms with Crippen LogP contribution in [0.2, 0.25) is 0 Å². The highest BCUT2D eigenvalue weighted by Gasteiger charge is 2.25. The molecule has 2 heterocycles. The summed E-state index contributed by atoms with van der Waals surface area (Å²) in [5.74, 6) is 0.524. The van der Waals surface area contributed by atoms with E-state index in [1.165, 1.54) is 17.8 Å². The SMILES string of the molecule is CCc1ccccc1N=C1NC(=O)/C(=C\c2ccc(-c3ccccc3[N+](=O)[O-])o2)S1. The predicted octanol–water partition coefficient (Wildman–Crippen LogP) is 5.31. The number of nitrogens with zero attached hydrogens (tertiary/aromatic N) is 2. The molecule has 0 aliphatic carbocycles. The highest BCUT2D eigenvalue weighted by atomic mass is 32.2. The average Bonchev–Trinajstić information content (AvgIpc) is 3.35. The van der Waals surface area contributed by atoms with Gasteiger partial charge in [0.05, 0.1) is 21.1 Å². The van der Waals surface area contributed by atoms with E-state index in [9.17, 15) is 14.9 Å². The van der Waals surface area contributed by atoms with Crippen LogP contribution in [0.1, 0.15) is 18.2 Å². The quantitative estimate of drug-likeness (QED) is 0.343. The summed E-state index contributed by atoms with van der Waals surface area (Å²) in [6.07, 6.45) is 2.45. The van der Waals surface area contributed by atoms with E-state index in [2.05, 4.69) is 17.2 Å². The lowest BCUT2D eigenvalue weighted by Crippen LogP contribution is -2.19. The lowest BCUT2D eigenvalue weighted by molar-refractivity contribution is -0.384. The summed E-state index contributed by atoms with van der Waals surface area (Å²) in [5, 5.41) is 14.5. The van der Waals surface area contributed by atoms with Crippen molar-refractivity contribution in [3.05, 3.63) is 87.0 Å². The van der Waals surface area contributed by atoms with Gasteiger partial charge in [0.25, 0.3) is 11.6 Å². The Kier molecular flexibility index (Phi) is 5.49. The van der Waals surface area contributed by atoms with Gasteiger partial charge < -0.3 is 9.73 Å². The zero-order valence-corrected chi connectivity index (χ0v) is 16.8. The Bertz CT molecular complexity index is 1200. The molecule has 0 unspecified atom stereocenters. The Morgan fingerprint density at radius 2 is 1.90 bits per heavy atom. The molecule has 0 saturated carbocycles. The Labute approximate surface area is 176 Å². The van der Waals surface area contributed by atoms with E-state index >= 15 is 0 Å². The van der Waals surface area contributed by atoms with Crippen molar-refractivity contribution in [1.82, 2.24) is 5.32 Å². The van der Waals surface area contributed by atoms with Gasteiger partial charge in [0, 0.05) is 12.1 Å². The Morgan fingerprint density at radius 3 is 2.70 bits per heavy atom. The largest absolute Gasteiger partial charge is 0.456 e. The average molecular weight is 419 g/mol. The van der Waals surface area contributed by atoms with Gasteiger partial charge in [0.2, 0.25) is 0 Å². The number of rotatable bonds is 5. The first-order valence-corrected chi connectivity index (χ1v) is 10.1. The number of carbonyl (C=O) groups excluding carboxylic acids is 1. The van der Waals surface area contributed by atoms with Gasteiger partial charge in [-0.05, 0) is 48.0 Å². The highest BCUT2D eigenvalue weighted by molar-refractivity contribution is 8.18. The molecular weight excluding hydrogens is 402 g/mol. The molecule has 1 aliphatic rings. The van der Waals surface area contributed by atoms with E-state index in [0.29, 0.717) is 27.2 Å². The number of carbonyl (C=O) groups is 1. The summed E-state index contributed by atoms with van der Waals surface area (Å²) < 4.78 is 5.75. The number of thioether (sulfide) groups is 1. The summed E-state index contributed by atoms with van der Waals surface area (Å²) in [6.45, 7) is 2.05. The third-order valence-corrected chi connectivity index (χ3v) is 5.42. The molecule has 1 aliphatic heterocycles. The van der Waals surface area contributed by atoms with Gasteiger partial charge in [0.15, 0.2) is 5.17 Å². The van der Waals surface area contributed by atoms with Crippen LogP contribution in [0.3, 0.4) is 0 Å². The Morgan fingerprint density at radius 1 is 1.13 bits per heavy atom. The number of amides is 1. The molecule has 150 valence electrons. The topological polar surface area (TPSA) is 97.7 Å². The monoisotopic (exact) mass is 419 g/mol. The Hall–Kier alpha value is -3.65. The smallest absolute Gasteiger partial charge is 0.280 e. The number of furan rings is 1. The highest BCUT2D eigenvalue weighted by Crippen LogP contribution is 2.33. The van der Waals surface area contributed by atoms with Crippen LogP contribution in [0.5, 0.6) is 0 Å². The van der Waals surface area contributed by atoms with Crippen molar-refractivity contribution in [1.29, 1.82) is 0 Å². The van der Waals surface area contributed by atoms with E-state index < -0.39 is 4.92 Å². The predicted molar refractivity (Wildman–Crippen MR) is 117 cm³/mol. The van der Waals surface area contributed by atoms with Crippen molar-refractivity contribution < 1.29 is 14.1 Å². The maximum absolute atomic E-state index is 12.3. The lowest BCUT2D eigenvalue weighted by atomic mass is 10.1. The van der Waals surface area contributed by atoms with Gasteiger partial charge in [-0.2, -0.15) is 0 Å². The maximum Gasteiger partial charge on any atom is 0.280 e. The van der Waals surface area contributed by atoms with Crippen molar-refractivity contribution in [3.63, 3.8) is 0 Å². The van der Waals surface area contributed by atoms with Crippen LogP contribution in [-0.4, -0.2) is 16.0 Å². The van der Waals surface area contributed by atoms with Crippen LogP contribution in [0.4, 0.5) is 11.4 Å². The molecule has 1 aromatic heterocycles. The molecule has 0 bridgehead atoms. The second-order valence-electron chi connectivity index (χ2n) is 6.44. The van der Waals surface area contributed by atoms with Crippen molar-refractivity contribution in [2.24, 2.45) is 4.99 Å². The minimum Gasteiger partial charge on any atom is -0.456 e. The zero-order valence-electron chi connectivity index (χ0n) is 16.0. The second kappa shape index (κ2) is 8.38. The summed E-state index contributed by atoms with van der Waals surface area (Å²) in [4.78, 5) is 28.1. The minimum absolute atomic E-state index is 0.0388. The molecular formula is C22H17N3O4S. The molecule has 1 N–H and O–H groups in total. The molecule has 1 fully saturated rings. The van der Waals surface area contributed by atoms with E-state index in [0.717, 1.165) is 17.7 Å². The molecule has 2 aromatic carbocycles. The standard InChI is InChI=1S/C22H17N3O4S/c1-2-14-7-3-5-9-17(14)23-22-24-21(26)20(30-22)13-15-11-12-19(29-15)16-8-4-6-10-18(16)25(27)28/h3-13H,2H2,1H3,(H,23,24,26)/b20-13+. The number of nitro benzene ring substituents is 1. The number of nitrogens with one attached hydrogen (secondary N) is 1. The second-order valence-corrected chi connectivity index (χ2v) is 7.47. The number of aliphatic imine (C=N–C) groups is 1. The molecule has 1 saturated heterocycles. The van der Waals surface area contributed by atoms with E-state index in [-0.39, 0.29) is 11.6 Å². The maximum atomic E-state index is 12.3. The van der Waals surface area contributed by atoms with Gasteiger partial charge in [-0.1, -0.05) is 37.3 Å². The number of aryl methyl sites for hydroxylation is 1. The first-order chi connectivity index (χ1) is 14.5. The number of hydrogen-bond donors (Lipinski definition) is 1. The minimum atomic E-state index is -0.451. The van der Waals surface area contributed by atoms with Gasteiger partial charge in [-0.15, -0.1) is 0 Å². The summed E-state index contributed by atoms with van der Waals surface area (Å²) >= 11 is 1.22. The first-order valence-electron chi connectivity index (χ1n) is 9.26. The number of benzene rings is 2. The number of para-hydroxylation sites is 2. The fraction of sp³-hybridized carbons (Fsp3) is 0.0909. The molecule has 7 nitrogen and oxygen atoms in total. The summed E-state index contributed by atoms with van der Waals surface area (Å²) in [6, 6.07) is 17.5. The van der Waals surface area contributed by atoms with Crippen LogP contribution >= 0.6 is 11.8 Å². The molecule has 4 rings (SSSR count). The molecule has 1 amide bonds. The van der Waals surface area contributed by atoms with Crippen LogP contribution in [0, 0.1) is 10.1 Å². The first kappa shape index (κ1) is 19.7. The lowest BCUT2D eigenvalue weighted by Gasteiger charge is -2.02. The number of hydrogen-bond acceptors (Lipinski definition) is 6. The van der Waals surface area contributed by atoms with Crippen molar-refractivity contribution in [3.8, 4) is 11.3 Å². The molecule has 0 spiro atoms. The van der Waals surface area contributed by atoms with Gasteiger partial charge in [-0.25, -0.2) is 4.99 Å². The van der Waals surface area contributed by atoms with Gasteiger partial charge >= 0.3 is 0 Å².